The van der Waals surface area contributed by atoms with Crippen LogP contribution in [0.3, 0.4) is 0 Å². The Morgan fingerprint density at radius 1 is 0.875 bits per heavy atom. The fourth-order valence-corrected chi connectivity index (χ4v) is 7.00. The van der Waals surface area contributed by atoms with Gasteiger partial charge in [0.2, 0.25) is 0 Å². The number of nitrogens with zero attached hydrogens (tertiary/aromatic N) is 2. The smallest absolute Gasteiger partial charge is 0.399 e. The highest BCUT2D eigenvalue weighted by Gasteiger charge is 2.33. The SMILES string of the molecule is CNc1ccc(Cc2cc(C(F)(F)F)cc(-n3c4ccccc4c4cc(N)ccc43)c2-c2cccc(C#N)c2)c(C2=C(C)C=CCC2)c1. The van der Waals surface area contributed by atoms with Gasteiger partial charge in [-0.1, -0.05) is 48.6 Å². The first-order chi connectivity index (χ1) is 23.2. The highest BCUT2D eigenvalue weighted by Crippen LogP contribution is 2.43. The number of allylic oxidation sites excluding steroid dienone is 4. The lowest BCUT2D eigenvalue weighted by molar-refractivity contribution is -0.137. The quantitative estimate of drug-likeness (QED) is 0.178. The van der Waals surface area contributed by atoms with Gasteiger partial charge in [-0.15, -0.1) is 0 Å². The van der Waals surface area contributed by atoms with Crippen LogP contribution >= 0.6 is 0 Å². The van der Waals surface area contributed by atoms with Crippen LogP contribution in [0.1, 0.15) is 47.6 Å². The van der Waals surface area contributed by atoms with Crippen LogP contribution in [0.15, 0.2) is 115 Å². The summed E-state index contributed by atoms with van der Waals surface area (Å²) in [4.78, 5) is 0. The van der Waals surface area contributed by atoms with Gasteiger partial charge in [0.15, 0.2) is 0 Å². The van der Waals surface area contributed by atoms with Crippen LogP contribution in [0.4, 0.5) is 24.5 Å². The van der Waals surface area contributed by atoms with E-state index in [-0.39, 0.29) is 6.42 Å². The number of anilines is 2. The molecule has 0 atom stereocenters. The molecule has 238 valence electrons. The Bertz CT molecular complexity index is 2330. The molecule has 5 aromatic carbocycles. The second kappa shape index (κ2) is 12.1. The van der Waals surface area contributed by atoms with E-state index < -0.39 is 11.7 Å². The Hall–Kier alpha value is -5.74. The maximum Gasteiger partial charge on any atom is 0.416 e. The highest BCUT2D eigenvalue weighted by molar-refractivity contribution is 6.10. The van der Waals surface area contributed by atoms with Crippen LogP contribution in [0.25, 0.3) is 44.2 Å². The maximum absolute atomic E-state index is 14.9. The molecule has 0 saturated heterocycles. The molecule has 0 bridgehead atoms. The van der Waals surface area contributed by atoms with Crippen molar-refractivity contribution in [2.75, 3.05) is 18.1 Å². The Morgan fingerprint density at radius 3 is 2.46 bits per heavy atom. The Kier molecular flexibility index (Phi) is 7.80. The minimum absolute atomic E-state index is 0.243. The fraction of sp³-hybridized carbons (Fsp3) is 0.146. The van der Waals surface area contributed by atoms with E-state index in [0.29, 0.717) is 33.6 Å². The molecule has 7 rings (SSSR count). The van der Waals surface area contributed by atoms with E-state index in [1.54, 1.807) is 24.3 Å². The molecule has 6 aromatic rings. The predicted octanol–water partition coefficient (Wildman–Crippen LogP) is 10.7. The molecule has 0 amide bonds. The van der Waals surface area contributed by atoms with Gasteiger partial charge in [-0.2, -0.15) is 18.4 Å². The van der Waals surface area contributed by atoms with Crippen molar-refractivity contribution in [2.45, 2.75) is 32.4 Å². The van der Waals surface area contributed by atoms with Crippen LogP contribution in [-0.2, 0) is 12.6 Å². The number of nitriles is 1. The second-order valence-electron chi connectivity index (χ2n) is 12.3. The van der Waals surface area contributed by atoms with Gasteiger partial charge in [0.1, 0.15) is 0 Å². The topological polar surface area (TPSA) is 66.8 Å². The molecule has 1 heterocycles. The molecule has 0 radical (unpaired) electrons. The van der Waals surface area contributed by atoms with Gasteiger partial charge in [-0.3, -0.25) is 0 Å². The number of hydrogen-bond acceptors (Lipinski definition) is 3. The summed E-state index contributed by atoms with van der Waals surface area (Å²) >= 11 is 0. The Labute approximate surface area is 277 Å². The molecule has 0 aliphatic heterocycles. The van der Waals surface area contributed by atoms with Crippen molar-refractivity contribution in [1.82, 2.24) is 4.57 Å². The van der Waals surface area contributed by atoms with E-state index in [0.717, 1.165) is 57.0 Å². The van der Waals surface area contributed by atoms with Gasteiger partial charge in [0.25, 0.3) is 0 Å². The number of fused-ring (bicyclic) bond motifs is 3. The van der Waals surface area contributed by atoms with Crippen LogP contribution in [0, 0.1) is 11.3 Å². The monoisotopic (exact) mass is 638 g/mol. The van der Waals surface area contributed by atoms with E-state index in [2.05, 4.69) is 36.5 Å². The number of para-hydroxylation sites is 1. The van der Waals surface area contributed by atoms with E-state index in [9.17, 15) is 18.4 Å². The molecule has 1 aliphatic rings. The Morgan fingerprint density at radius 2 is 1.69 bits per heavy atom. The second-order valence-corrected chi connectivity index (χ2v) is 12.3. The van der Waals surface area contributed by atoms with Gasteiger partial charge < -0.3 is 15.6 Å². The molecule has 3 N–H and O–H groups in total. The van der Waals surface area contributed by atoms with E-state index in [1.165, 1.54) is 17.7 Å². The number of alkyl halides is 3. The molecule has 0 fully saturated rings. The zero-order valence-corrected chi connectivity index (χ0v) is 26.6. The zero-order valence-electron chi connectivity index (χ0n) is 26.6. The number of nitrogens with two attached hydrogens (primary N) is 1. The third-order valence-electron chi connectivity index (χ3n) is 9.25. The maximum atomic E-state index is 14.9. The first-order valence-electron chi connectivity index (χ1n) is 15.9. The molecule has 0 saturated carbocycles. The summed E-state index contributed by atoms with van der Waals surface area (Å²) in [6.45, 7) is 2.08. The van der Waals surface area contributed by atoms with Crippen molar-refractivity contribution >= 4 is 38.8 Å². The van der Waals surface area contributed by atoms with Gasteiger partial charge in [0.05, 0.1) is 33.9 Å². The lowest BCUT2D eigenvalue weighted by Gasteiger charge is -2.23. The average molecular weight is 639 g/mol. The standard InChI is InChI=1S/C41H33F3N4/c1-25-8-3-4-11-33(25)35-23-32(47-2)16-14-27(35)19-29-20-30(41(42,43)44)21-39(40(29)28-10-7-9-26(18-28)24-45)48-37-13-6-5-12-34(37)36-22-31(46)15-17-38(36)48/h3,5-10,12-18,20-23,47H,4,11,19,46H2,1-2H3. The third-order valence-corrected chi connectivity index (χ3v) is 9.25. The summed E-state index contributed by atoms with van der Waals surface area (Å²) in [5.74, 6) is 0. The van der Waals surface area contributed by atoms with Crippen molar-refractivity contribution in [3.8, 4) is 22.9 Å². The molecule has 1 aromatic heterocycles. The number of aromatic nitrogens is 1. The number of benzene rings is 5. The molecule has 7 heteroatoms. The van der Waals surface area contributed by atoms with E-state index in [4.69, 9.17) is 5.73 Å². The summed E-state index contributed by atoms with van der Waals surface area (Å²) in [6.07, 6.45) is 1.65. The number of rotatable bonds is 6. The van der Waals surface area contributed by atoms with E-state index >= 15 is 0 Å². The van der Waals surface area contributed by atoms with Gasteiger partial charge in [-0.05, 0) is 120 Å². The number of hydrogen-bond donors (Lipinski definition) is 2. The normalized spacial score (nSPS) is 13.3. The summed E-state index contributed by atoms with van der Waals surface area (Å²) in [5.41, 5.74) is 15.4. The van der Waals surface area contributed by atoms with Crippen LogP contribution in [0.5, 0.6) is 0 Å². The lowest BCUT2D eigenvalue weighted by atomic mass is 9.85. The molecule has 1 aliphatic carbocycles. The lowest BCUT2D eigenvalue weighted by Crippen LogP contribution is -2.11. The molecule has 0 unspecified atom stereocenters. The third kappa shape index (κ3) is 5.50. The largest absolute Gasteiger partial charge is 0.416 e. The van der Waals surface area contributed by atoms with Crippen molar-refractivity contribution in [2.24, 2.45) is 0 Å². The molecule has 4 nitrogen and oxygen atoms in total. The molecule has 0 spiro atoms. The van der Waals surface area contributed by atoms with Crippen LogP contribution in [0.2, 0.25) is 0 Å². The number of nitrogens with one attached hydrogen (secondary N) is 1. The molecule has 48 heavy (non-hydrogen) atoms. The number of halogens is 3. The van der Waals surface area contributed by atoms with Crippen LogP contribution in [-0.4, -0.2) is 11.6 Å². The predicted molar refractivity (Wildman–Crippen MR) is 190 cm³/mol. The van der Waals surface area contributed by atoms with Crippen molar-refractivity contribution in [3.05, 3.63) is 143 Å². The van der Waals surface area contributed by atoms with Gasteiger partial charge >= 0.3 is 6.18 Å². The highest BCUT2D eigenvalue weighted by atomic mass is 19.4. The van der Waals surface area contributed by atoms with E-state index in [1.807, 2.05) is 66.2 Å². The van der Waals surface area contributed by atoms with Crippen molar-refractivity contribution in [3.63, 3.8) is 0 Å². The summed E-state index contributed by atoms with van der Waals surface area (Å²) in [6, 6.07) is 31.1. The molecular formula is C41H33F3N4. The minimum atomic E-state index is -4.61. The Balaban J connectivity index is 1.59. The average Bonchev–Trinajstić information content (AvgIpc) is 3.41. The fourth-order valence-electron chi connectivity index (χ4n) is 7.00. The first-order valence-corrected chi connectivity index (χ1v) is 15.9. The first kappa shape index (κ1) is 30.9. The number of nitrogen functional groups attached to an aromatic ring is 1. The van der Waals surface area contributed by atoms with Crippen molar-refractivity contribution < 1.29 is 13.2 Å². The molecular weight excluding hydrogens is 605 g/mol. The summed E-state index contributed by atoms with van der Waals surface area (Å²) in [7, 11) is 1.86. The zero-order chi connectivity index (χ0) is 33.6. The van der Waals surface area contributed by atoms with Gasteiger partial charge in [0, 0.05) is 34.8 Å². The minimum Gasteiger partial charge on any atom is -0.399 e. The van der Waals surface area contributed by atoms with Crippen LogP contribution < -0.4 is 11.1 Å². The van der Waals surface area contributed by atoms with Gasteiger partial charge in [-0.25, -0.2) is 0 Å². The van der Waals surface area contributed by atoms with Crippen molar-refractivity contribution in [1.29, 1.82) is 5.26 Å². The summed E-state index contributed by atoms with van der Waals surface area (Å²) in [5, 5.41) is 14.8. The summed E-state index contributed by atoms with van der Waals surface area (Å²) < 4.78 is 46.6.